The second-order valence-electron chi connectivity index (χ2n) is 9.39. The number of halogens is 1. The highest BCUT2D eigenvalue weighted by Gasteiger charge is 2.38. The first-order chi connectivity index (χ1) is 14.0. The Hall–Kier alpha value is -1.73. The predicted molar refractivity (Wildman–Crippen MR) is 129 cm³/mol. The van der Waals surface area contributed by atoms with Crippen LogP contribution in [-0.2, 0) is 9.53 Å². The highest BCUT2D eigenvalue weighted by Crippen LogP contribution is 2.45. The van der Waals surface area contributed by atoms with Gasteiger partial charge in [-0.2, -0.15) is 0 Å². The lowest BCUT2D eigenvalue weighted by molar-refractivity contribution is -0.156. The normalized spacial score (nSPS) is 17.5. The molecule has 0 unspecified atom stereocenters. The molecule has 0 amide bonds. The van der Waals surface area contributed by atoms with Crippen molar-refractivity contribution in [3.63, 3.8) is 0 Å². The number of esters is 1. The summed E-state index contributed by atoms with van der Waals surface area (Å²) in [5.74, 6) is 0.449. The fraction of sp³-hybridized carbons (Fsp3) is 0.478. The van der Waals surface area contributed by atoms with Crippen LogP contribution in [0.4, 0.5) is 5.69 Å². The topological polar surface area (TPSA) is 45.1 Å². The lowest BCUT2D eigenvalue weighted by Crippen LogP contribution is -2.38. The summed E-state index contributed by atoms with van der Waals surface area (Å²) in [7, 11) is 0. The number of anilines is 1. The third-order valence-corrected chi connectivity index (χ3v) is 6.76. The van der Waals surface area contributed by atoms with Gasteiger partial charge in [0, 0.05) is 5.39 Å². The Bertz CT molecular complexity index is 1010. The van der Waals surface area contributed by atoms with Crippen molar-refractivity contribution in [1.82, 2.24) is 4.41 Å². The zero-order valence-corrected chi connectivity index (χ0v) is 20.5. The molecule has 0 spiro atoms. The Morgan fingerprint density at radius 2 is 1.77 bits per heavy atom. The van der Waals surface area contributed by atoms with Gasteiger partial charge >= 0.3 is 5.97 Å². The summed E-state index contributed by atoms with van der Waals surface area (Å²) in [6.45, 7) is 9.94. The molecule has 1 aliphatic heterocycles. The van der Waals surface area contributed by atoms with Crippen molar-refractivity contribution in [2.45, 2.75) is 63.7 Å². The van der Waals surface area contributed by atoms with E-state index in [1.807, 2.05) is 39.0 Å². The quantitative estimate of drug-likeness (QED) is 0.282. The Labute approximate surface area is 191 Å². The highest BCUT2D eigenvalue weighted by atomic mass is 79.9. The van der Waals surface area contributed by atoms with Crippen molar-refractivity contribution >= 4 is 55.1 Å². The summed E-state index contributed by atoms with van der Waals surface area (Å²) < 4.78 is 7.42. The summed E-state index contributed by atoms with van der Waals surface area (Å²) in [5.41, 5.74) is 2.04. The van der Waals surface area contributed by atoms with Crippen molar-refractivity contribution in [3.05, 3.63) is 42.0 Å². The summed E-state index contributed by atoms with van der Waals surface area (Å²) in [5, 5.41) is 7.18. The third kappa shape index (κ3) is 4.47. The Morgan fingerprint density at radius 3 is 2.40 bits per heavy atom. The van der Waals surface area contributed by atoms with Gasteiger partial charge in [0.15, 0.2) is 4.74 Å². The molecule has 2 aromatic carbocycles. The maximum absolute atomic E-state index is 12.6. The van der Waals surface area contributed by atoms with E-state index in [1.165, 1.54) is 41.1 Å². The first kappa shape index (κ1) is 21.5. The number of carbonyl (C=O) groups is 1. The fourth-order valence-electron chi connectivity index (χ4n) is 3.58. The minimum absolute atomic E-state index is 0.246. The molecule has 0 saturated heterocycles. The van der Waals surface area contributed by atoms with Crippen LogP contribution in [0.5, 0.6) is 0 Å². The van der Waals surface area contributed by atoms with Crippen molar-refractivity contribution < 1.29 is 9.53 Å². The van der Waals surface area contributed by atoms with Gasteiger partial charge in [-0.1, -0.05) is 30.3 Å². The number of carbonyl (C=O) groups excluding carboxylic acids is 1. The van der Waals surface area contributed by atoms with Crippen LogP contribution in [0.2, 0.25) is 0 Å². The second kappa shape index (κ2) is 7.75. The zero-order valence-electron chi connectivity index (χ0n) is 18.1. The SMILES string of the molecule is CC(C)(C)OC(=O)C(C)(C)SN1CN(c2ccc(C3CC3)c3ccccc23)C(Br)=N1. The number of hydrogen-bond donors (Lipinski definition) is 0. The van der Waals surface area contributed by atoms with Gasteiger partial charge in [0.05, 0.1) is 5.69 Å². The lowest BCUT2D eigenvalue weighted by atomic mass is 9.99. The van der Waals surface area contributed by atoms with E-state index < -0.39 is 10.3 Å². The zero-order chi connectivity index (χ0) is 21.7. The number of rotatable bonds is 5. The first-order valence-corrected chi connectivity index (χ1v) is 11.9. The van der Waals surface area contributed by atoms with Crippen LogP contribution >= 0.6 is 27.9 Å². The van der Waals surface area contributed by atoms with Gasteiger partial charge in [0.25, 0.3) is 0 Å². The van der Waals surface area contributed by atoms with E-state index in [-0.39, 0.29) is 5.97 Å². The fourth-order valence-corrected chi connectivity index (χ4v) is 5.11. The van der Waals surface area contributed by atoms with Crippen LogP contribution in [-0.4, -0.2) is 32.1 Å². The number of fused-ring (bicyclic) bond motifs is 1. The molecule has 0 atom stereocenters. The Morgan fingerprint density at radius 1 is 1.10 bits per heavy atom. The largest absolute Gasteiger partial charge is 0.459 e. The Balaban J connectivity index is 1.55. The highest BCUT2D eigenvalue weighted by molar-refractivity contribution is 9.18. The van der Waals surface area contributed by atoms with Gasteiger partial charge in [-0.05, 0) is 98.3 Å². The predicted octanol–water partition coefficient (Wildman–Crippen LogP) is 6.23. The summed E-state index contributed by atoms with van der Waals surface area (Å²) in [6.07, 6.45) is 2.56. The molecule has 1 heterocycles. The van der Waals surface area contributed by atoms with E-state index in [0.717, 1.165) is 10.4 Å². The molecule has 2 aromatic rings. The number of hydrazone groups is 1. The van der Waals surface area contributed by atoms with Gasteiger partial charge in [-0.3, -0.25) is 9.69 Å². The molecule has 1 aliphatic carbocycles. The van der Waals surface area contributed by atoms with Crippen molar-refractivity contribution in [3.8, 4) is 0 Å². The smallest absolute Gasteiger partial charge is 0.324 e. The van der Waals surface area contributed by atoms with Crippen LogP contribution in [0, 0.1) is 0 Å². The minimum atomic E-state index is -0.752. The number of nitrogens with zero attached hydrogens (tertiary/aromatic N) is 3. The molecule has 0 aromatic heterocycles. The molecule has 160 valence electrons. The molecule has 0 bridgehead atoms. The average molecular weight is 490 g/mol. The van der Waals surface area contributed by atoms with E-state index in [1.54, 1.807) is 0 Å². The van der Waals surface area contributed by atoms with E-state index in [9.17, 15) is 4.79 Å². The van der Waals surface area contributed by atoms with Crippen molar-refractivity contribution in [2.24, 2.45) is 5.10 Å². The standard InChI is InChI=1S/C23H28BrN3O2S/c1-22(2,3)29-20(28)23(4,5)30-27-14-26(21(24)25-27)19-13-12-16(15-10-11-15)17-8-6-7-9-18(17)19/h6-9,12-13,15H,10-11,14H2,1-5H3. The first-order valence-electron chi connectivity index (χ1n) is 10.3. The number of hydrogen-bond acceptors (Lipinski definition) is 6. The summed E-state index contributed by atoms with van der Waals surface area (Å²) in [4.78, 5) is 14.8. The molecule has 4 rings (SSSR count). The van der Waals surface area contributed by atoms with Crippen LogP contribution in [0.25, 0.3) is 10.8 Å². The van der Waals surface area contributed by atoms with Crippen LogP contribution < -0.4 is 4.90 Å². The maximum atomic E-state index is 12.6. The van der Waals surface area contributed by atoms with Crippen molar-refractivity contribution in [2.75, 3.05) is 11.6 Å². The Kier molecular flexibility index (Phi) is 5.56. The maximum Gasteiger partial charge on any atom is 0.324 e. The minimum Gasteiger partial charge on any atom is -0.459 e. The average Bonchev–Trinajstić information content (AvgIpc) is 3.43. The van der Waals surface area contributed by atoms with Crippen LogP contribution in [0.3, 0.4) is 0 Å². The van der Waals surface area contributed by atoms with Gasteiger partial charge in [0.1, 0.15) is 17.0 Å². The molecule has 1 saturated carbocycles. The molecule has 0 N–H and O–H groups in total. The second-order valence-corrected chi connectivity index (χ2v) is 11.7. The van der Waals surface area contributed by atoms with Gasteiger partial charge in [-0.25, -0.2) is 4.41 Å². The molecular weight excluding hydrogens is 462 g/mol. The molecule has 2 aliphatic rings. The van der Waals surface area contributed by atoms with E-state index in [4.69, 9.17) is 4.74 Å². The molecular formula is C23H28BrN3O2S. The molecule has 1 fully saturated rings. The van der Waals surface area contributed by atoms with Crippen molar-refractivity contribution in [1.29, 1.82) is 0 Å². The molecule has 30 heavy (non-hydrogen) atoms. The number of ether oxygens (including phenoxy) is 1. The van der Waals surface area contributed by atoms with Gasteiger partial charge < -0.3 is 4.74 Å². The summed E-state index contributed by atoms with van der Waals surface area (Å²) in [6, 6.07) is 13.0. The summed E-state index contributed by atoms with van der Waals surface area (Å²) >= 11 is 5.01. The molecule has 7 heteroatoms. The molecule has 5 nitrogen and oxygen atoms in total. The monoisotopic (exact) mass is 489 g/mol. The van der Waals surface area contributed by atoms with E-state index in [0.29, 0.717) is 12.6 Å². The van der Waals surface area contributed by atoms with Crippen LogP contribution in [0.1, 0.15) is 58.9 Å². The number of amidine groups is 1. The molecule has 0 radical (unpaired) electrons. The third-order valence-electron chi connectivity index (χ3n) is 5.15. The lowest BCUT2D eigenvalue weighted by Gasteiger charge is -2.30. The van der Waals surface area contributed by atoms with Gasteiger partial charge in [-0.15, -0.1) is 5.10 Å². The van der Waals surface area contributed by atoms with E-state index in [2.05, 4.69) is 62.3 Å². The van der Waals surface area contributed by atoms with Crippen LogP contribution in [0.15, 0.2) is 41.5 Å². The van der Waals surface area contributed by atoms with Gasteiger partial charge in [0.2, 0.25) is 0 Å². The number of benzene rings is 2. The van der Waals surface area contributed by atoms with E-state index >= 15 is 0 Å².